The van der Waals surface area contributed by atoms with Gasteiger partial charge in [-0.2, -0.15) is 30.4 Å². The minimum absolute atomic E-state index is 0.0143. The van der Waals surface area contributed by atoms with Crippen LogP contribution in [0.2, 0.25) is 0 Å². The van der Waals surface area contributed by atoms with Gasteiger partial charge in [0.15, 0.2) is 5.16 Å². The number of thioether (sulfide) groups is 1. The maximum atomic E-state index is 12.6. The smallest absolute Gasteiger partial charge is 0.305 e. The first-order valence-electron chi connectivity index (χ1n) is 17.6. The first-order chi connectivity index (χ1) is 24.9. The SMILES string of the molecule is CSc1nc(N2CCOC[C@H]2C)cc(N2CCCN(C)S2(=O)=O)n1.C[C@@H]1COCCN1c1cc(N2CCCN(C)S2(=O)=O)nc(S(C)(=O)=O)n1.[2H]CC. The van der Waals surface area contributed by atoms with Crippen LogP contribution in [0.15, 0.2) is 22.4 Å². The molecule has 2 atom stereocenters. The number of rotatable bonds is 6. The van der Waals surface area contributed by atoms with E-state index in [0.717, 1.165) is 29.3 Å². The Labute approximate surface area is 314 Å². The van der Waals surface area contributed by atoms with E-state index >= 15 is 0 Å². The van der Waals surface area contributed by atoms with E-state index in [1.165, 1.54) is 37.8 Å². The van der Waals surface area contributed by atoms with Gasteiger partial charge in [-0.25, -0.2) is 32.0 Å². The van der Waals surface area contributed by atoms with Gasteiger partial charge in [0, 0.05) is 73.1 Å². The average molecular weight is 810 g/mol. The van der Waals surface area contributed by atoms with Crippen molar-refractivity contribution in [1.29, 1.82) is 0 Å². The first kappa shape index (κ1) is 40.6. The minimum atomic E-state index is -3.74. The number of hydrogen-bond acceptors (Lipinski definition) is 15. The van der Waals surface area contributed by atoms with Crippen molar-refractivity contribution in [3.8, 4) is 0 Å². The van der Waals surface area contributed by atoms with Crippen molar-refractivity contribution in [2.75, 3.05) is 111 Å². The molecule has 0 bridgehead atoms. The number of morpholine rings is 2. The summed E-state index contributed by atoms with van der Waals surface area (Å²) in [4.78, 5) is 21.3. The zero-order chi connectivity index (χ0) is 39.1. The van der Waals surface area contributed by atoms with Gasteiger partial charge in [-0.15, -0.1) is 0 Å². The molecule has 2 aromatic heterocycles. The molecule has 22 heteroatoms. The van der Waals surface area contributed by atoms with Crippen molar-refractivity contribution in [3.05, 3.63) is 12.1 Å². The van der Waals surface area contributed by atoms with E-state index in [-0.39, 0.29) is 29.6 Å². The minimum Gasteiger partial charge on any atom is -0.377 e. The van der Waals surface area contributed by atoms with Gasteiger partial charge in [0.25, 0.3) is 5.16 Å². The van der Waals surface area contributed by atoms with Gasteiger partial charge in [0.05, 0.1) is 38.5 Å². The molecule has 0 saturated carbocycles. The van der Waals surface area contributed by atoms with E-state index in [1.54, 1.807) is 20.0 Å². The fraction of sp³-hybridized carbons (Fsp3) is 0.733. The van der Waals surface area contributed by atoms with Crippen LogP contribution in [0.4, 0.5) is 23.3 Å². The molecule has 0 radical (unpaired) electrons. The number of aromatic nitrogens is 4. The van der Waals surface area contributed by atoms with Crippen molar-refractivity contribution in [2.45, 2.75) is 62.9 Å². The van der Waals surface area contributed by atoms with E-state index in [1.807, 2.05) is 18.1 Å². The Kier molecular flexibility index (Phi) is 13.8. The molecule has 294 valence electrons. The number of hydrogen-bond donors (Lipinski definition) is 0. The molecule has 4 saturated heterocycles. The second-order valence-corrected chi connectivity index (χ2v) is 19.1. The summed E-state index contributed by atoms with van der Waals surface area (Å²) in [6.07, 6.45) is 4.30. The van der Waals surface area contributed by atoms with Crippen LogP contribution in [0.5, 0.6) is 0 Å². The molecule has 6 heterocycles. The summed E-state index contributed by atoms with van der Waals surface area (Å²) in [6.45, 7) is 11.5. The van der Waals surface area contributed by atoms with Gasteiger partial charge >= 0.3 is 20.4 Å². The highest BCUT2D eigenvalue weighted by Crippen LogP contribution is 2.30. The van der Waals surface area contributed by atoms with Gasteiger partial charge in [0.1, 0.15) is 23.3 Å². The van der Waals surface area contributed by atoms with E-state index < -0.39 is 30.3 Å². The van der Waals surface area contributed by atoms with E-state index in [2.05, 4.69) is 31.8 Å². The molecule has 4 fully saturated rings. The Balaban J connectivity index is 0.000000221. The summed E-state index contributed by atoms with van der Waals surface area (Å²) in [5.41, 5.74) is 0. The third-order valence-electron chi connectivity index (χ3n) is 8.72. The standard InChI is InChI=1S/C14H23N5O5S2.C14H23N5O3S2.C2H6/c1-11-10-24-8-7-18(11)12-9-13(16-14(15-12)25(3,20)21)19-6-4-5-17(2)26(19,22)23;1-11-10-22-8-7-18(11)12-9-13(16-14(15-12)23-3)19-6-4-5-17(2)24(19,20)21;1-2/h9,11H,4-8,10H2,1-3H3;9,11H,4-8,10H2,1-3H3;1-2H3/t2*11-;/m11./s1/i;;1D. The monoisotopic (exact) mass is 809 g/mol. The van der Waals surface area contributed by atoms with Crippen LogP contribution < -0.4 is 18.4 Å². The molecule has 0 aliphatic carbocycles. The van der Waals surface area contributed by atoms with Gasteiger partial charge in [-0.1, -0.05) is 25.6 Å². The number of ether oxygens (including phenoxy) is 2. The van der Waals surface area contributed by atoms with E-state index in [9.17, 15) is 25.3 Å². The van der Waals surface area contributed by atoms with Crippen molar-refractivity contribution >= 4 is 65.3 Å². The van der Waals surface area contributed by atoms with Crippen molar-refractivity contribution in [2.24, 2.45) is 0 Å². The first-order valence-corrected chi connectivity index (χ1v) is 22.8. The van der Waals surface area contributed by atoms with E-state index in [4.69, 9.17) is 10.8 Å². The Bertz CT molecular complexity index is 1880. The molecule has 0 unspecified atom stereocenters. The molecule has 2 aromatic rings. The van der Waals surface area contributed by atoms with Crippen LogP contribution in [0.3, 0.4) is 0 Å². The Hall–Kier alpha value is -2.60. The Morgan fingerprint density at radius 1 is 0.750 bits per heavy atom. The summed E-state index contributed by atoms with van der Waals surface area (Å²) in [5.74, 6) is 1.65. The lowest BCUT2D eigenvalue weighted by molar-refractivity contribution is 0.0984. The van der Waals surface area contributed by atoms with Crippen molar-refractivity contribution in [3.63, 3.8) is 0 Å². The average Bonchev–Trinajstić information content (AvgIpc) is 3.11. The van der Waals surface area contributed by atoms with Crippen LogP contribution >= 0.6 is 11.8 Å². The predicted octanol–water partition coefficient (Wildman–Crippen LogP) is 1.33. The van der Waals surface area contributed by atoms with Gasteiger partial charge in [-0.3, -0.25) is 0 Å². The van der Waals surface area contributed by atoms with Crippen LogP contribution in [0.1, 0.15) is 41.9 Å². The van der Waals surface area contributed by atoms with Gasteiger partial charge in [-0.05, 0) is 32.9 Å². The third-order valence-corrected chi connectivity index (χ3v) is 13.9. The number of nitrogens with zero attached hydrogens (tertiary/aromatic N) is 10. The fourth-order valence-corrected chi connectivity index (χ4v) is 9.54. The molecule has 52 heavy (non-hydrogen) atoms. The van der Waals surface area contributed by atoms with Crippen LogP contribution in [0.25, 0.3) is 0 Å². The zero-order valence-electron chi connectivity index (χ0n) is 31.9. The van der Waals surface area contributed by atoms with Crippen LogP contribution in [-0.4, -0.2) is 158 Å². The molecule has 6 rings (SSSR count). The second-order valence-electron chi connectivity index (χ2n) is 12.5. The molecular weight excluding hydrogens is 757 g/mol. The van der Waals surface area contributed by atoms with Gasteiger partial charge in [0.2, 0.25) is 9.84 Å². The maximum absolute atomic E-state index is 12.6. The fourth-order valence-electron chi connectivity index (χ4n) is 5.88. The highest BCUT2D eigenvalue weighted by molar-refractivity contribution is 7.98. The van der Waals surface area contributed by atoms with Crippen molar-refractivity contribution < 1.29 is 36.1 Å². The second kappa shape index (κ2) is 17.7. The van der Waals surface area contributed by atoms with Gasteiger partial charge < -0.3 is 19.3 Å². The highest BCUT2D eigenvalue weighted by Gasteiger charge is 2.35. The summed E-state index contributed by atoms with van der Waals surface area (Å²) in [6, 6.07) is 3.49. The summed E-state index contributed by atoms with van der Waals surface area (Å²) in [5, 5.41) is 0.191. The lowest BCUT2D eigenvalue weighted by atomic mass is 10.2. The molecule has 18 nitrogen and oxygen atoms in total. The van der Waals surface area contributed by atoms with Crippen LogP contribution in [-0.2, 0) is 39.7 Å². The molecule has 0 amide bonds. The Morgan fingerprint density at radius 2 is 1.15 bits per heavy atom. The summed E-state index contributed by atoms with van der Waals surface area (Å²) < 4.78 is 96.8. The Morgan fingerprint density at radius 3 is 1.58 bits per heavy atom. The zero-order valence-corrected chi connectivity index (χ0v) is 34.1. The topological polar surface area (TPSA) is 192 Å². The lowest BCUT2D eigenvalue weighted by Crippen LogP contribution is -2.48. The molecule has 0 aromatic carbocycles. The van der Waals surface area contributed by atoms with E-state index in [0.29, 0.717) is 82.7 Å². The summed E-state index contributed by atoms with van der Waals surface area (Å²) in [7, 11) is -7.87. The van der Waals surface area contributed by atoms with Crippen molar-refractivity contribution in [1.82, 2.24) is 28.5 Å². The maximum Gasteiger partial charge on any atom is 0.305 e. The third kappa shape index (κ3) is 9.54. The summed E-state index contributed by atoms with van der Waals surface area (Å²) >= 11 is 1.41. The normalized spacial score (nSPS) is 24.2. The van der Waals surface area contributed by atoms with Crippen LogP contribution in [0, 0.1) is 0 Å². The highest BCUT2D eigenvalue weighted by atomic mass is 32.2. The molecule has 0 N–H and O–H groups in total. The molecule has 4 aliphatic rings. The molecule has 4 aliphatic heterocycles. The number of sulfone groups is 1. The largest absolute Gasteiger partial charge is 0.377 e. The quantitative estimate of drug-likeness (QED) is 0.300. The molecular formula is C30H52N10O8S4. The predicted molar refractivity (Wildman–Crippen MR) is 203 cm³/mol. The lowest BCUT2D eigenvalue weighted by Gasteiger charge is -2.36. The molecule has 0 spiro atoms. The number of anilines is 4.